The molecule has 0 aliphatic carbocycles. The Labute approximate surface area is 168 Å². The van der Waals surface area contributed by atoms with Gasteiger partial charge in [-0.2, -0.15) is 0 Å². The molecule has 3 N–H and O–H groups in total. The molecule has 0 atom stereocenters. The molecule has 0 fully saturated rings. The lowest BCUT2D eigenvalue weighted by atomic mass is 10.00. The van der Waals surface area contributed by atoms with Gasteiger partial charge >= 0.3 is 5.97 Å². The van der Waals surface area contributed by atoms with E-state index in [2.05, 4.69) is 18.2 Å². The van der Waals surface area contributed by atoms with Crippen molar-refractivity contribution in [1.29, 1.82) is 0 Å². The minimum Gasteiger partial charge on any atom is -0.485 e. The monoisotopic (exact) mass is 387 g/mol. The SMILES string of the molecule is NCc1cccc(-c2cccc3oc(COc4ccccc4CC(=O)O)cc23)c1. The van der Waals surface area contributed by atoms with E-state index in [0.29, 0.717) is 23.6 Å². The van der Waals surface area contributed by atoms with Crippen LogP contribution < -0.4 is 10.5 Å². The fourth-order valence-corrected chi connectivity index (χ4v) is 3.40. The van der Waals surface area contributed by atoms with Gasteiger partial charge in [0, 0.05) is 17.5 Å². The van der Waals surface area contributed by atoms with Crippen molar-refractivity contribution in [3.05, 3.63) is 89.7 Å². The fraction of sp³-hybridized carbons (Fsp3) is 0.125. The quantitative estimate of drug-likeness (QED) is 0.477. The summed E-state index contributed by atoms with van der Waals surface area (Å²) in [5.74, 6) is 0.327. The molecule has 5 nitrogen and oxygen atoms in total. The van der Waals surface area contributed by atoms with Gasteiger partial charge in [0.15, 0.2) is 0 Å². The van der Waals surface area contributed by atoms with Crippen LogP contribution in [0.4, 0.5) is 0 Å². The molecule has 0 radical (unpaired) electrons. The Kier molecular flexibility index (Phi) is 5.31. The number of aliphatic carboxylic acids is 1. The van der Waals surface area contributed by atoms with Crippen LogP contribution in [0.1, 0.15) is 16.9 Å². The molecule has 146 valence electrons. The lowest BCUT2D eigenvalue weighted by molar-refractivity contribution is -0.136. The normalized spacial score (nSPS) is 10.9. The smallest absolute Gasteiger partial charge is 0.307 e. The fourth-order valence-electron chi connectivity index (χ4n) is 3.40. The third-order valence-corrected chi connectivity index (χ3v) is 4.77. The number of hydrogen-bond donors (Lipinski definition) is 2. The van der Waals surface area contributed by atoms with Gasteiger partial charge < -0.3 is 20.0 Å². The number of nitrogens with two attached hydrogens (primary N) is 1. The first-order chi connectivity index (χ1) is 14.1. The molecule has 0 spiro atoms. The molecule has 0 bridgehead atoms. The van der Waals surface area contributed by atoms with Crippen LogP contribution >= 0.6 is 0 Å². The molecule has 1 heterocycles. The summed E-state index contributed by atoms with van der Waals surface area (Å²) in [6, 6.07) is 23.2. The van der Waals surface area contributed by atoms with Crippen molar-refractivity contribution in [2.75, 3.05) is 0 Å². The molecule has 0 saturated heterocycles. The van der Waals surface area contributed by atoms with E-state index in [1.165, 1.54) is 0 Å². The van der Waals surface area contributed by atoms with Gasteiger partial charge in [-0.15, -0.1) is 0 Å². The zero-order valence-corrected chi connectivity index (χ0v) is 15.8. The highest BCUT2D eigenvalue weighted by molar-refractivity contribution is 5.94. The van der Waals surface area contributed by atoms with E-state index < -0.39 is 5.97 Å². The molecule has 5 heteroatoms. The second-order valence-corrected chi connectivity index (χ2v) is 6.80. The number of carboxylic acid groups (broad SMARTS) is 1. The molecule has 0 saturated carbocycles. The first-order valence-corrected chi connectivity index (χ1v) is 9.37. The van der Waals surface area contributed by atoms with E-state index in [4.69, 9.17) is 20.0 Å². The Balaban J connectivity index is 1.61. The number of para-hydroxylation sites is 1. The number of carbonyl (C=O) groups is 1. The van der Waals surface area contributed by atoms with Crippen LogP contribution in [0, 0.1) is 0 Å². The molecule has 4 rings (SSSR count). The third-order valence-electron chi connectivity index (χ3n) is 4.77. The van der Waals surface area contributed by atoms with Crippen LogP contribution in [0.15, 0.2) is 77.2 Å². The molecular weight excluding hydrogens is 366 g/mol. The molecule has 4 aromatic rings. The zero-order chi connectivity index (χ0) is 20.2. The number of furan rings is 1. The maximum Gasteiger partial charge on any atom is 0.307 e. The number of benzene rings is 3. The van der Waals surface area contributed by atoms with Crippen LogP contribution in [0.3, 0.4) is 0 Å². The molecule has 0 unspecified atom stereocenters. The Hall–Kier alpha value is -3.57. The van der Waals surface area contributed by atoms with Gasteiger partial charge in [-0.3, -0.25) is 4.79 Å². The summed E-state index contributed by atoms with van der Waals surface area (Å²) in [7, 11) is 0. The van der Waals surface area contributed by atoms with Gasteiger partial charge in [0.1, 0.15) is 23.7 Å². The van der Waals surface area contributed by atoms with Crippen LogP contribution in [-0.4, -0.2) is 11.1 Å². The van der Waals surface area contributed by atoms with Gasteiger partial charge in [-0.1, -0.05) is 48.5 Å². The molecule has 0 aliphatic heterocycles. The summed E-state index contributed by atoms with van der Waals surface area (Å²) >= 11 is 0. The van der Waals surface area contributed by atoms with Crippen molar-refractivity contribution in [1.82, 2.24) is 0 Å². The molecule has 3 aromatic carbocycles. The highest BCUT2D eigenvalue weighted by Crippen LogP contribution is 2.32. The first kappa shape index (κ1) is 18.8. The minimum absolute atomic E-state index is 0.0854. The Morgan fingerprint density at radius 1 is 1.00 bits per heavy atom. The first-order valence-electron chi connectivity index (χ1n) is 9.37. The van der Waals surface area contributed by atoms with Crippen LogP contribution in [0.2, 0.25) is 0 Å². The molecule has 29 heavy (non-hydrogen) atoms. The average molecular weight is 387 g/mol. The maximum atomic E-state index is 11.0. The van der Waals surface area contributed by atoms with Crippen molar-refractivity contribution < 1.29 is 19.1 Å². The summed E-state index contributed by atoms with van der Waals surface area (Å²) in [4.78, 5) is 11.0. The number of ether oxygens (including phenoxy) is 1. The van der Waals surface area contributed by atoms with Gasteiger partial charge in [-0.25, -0.2) is 0 Å². The predicted octanol–water partition coefficient (Wildman–Crippen LogP) is 4.76. The number of fused-ring (bicyclic) bond motifs is 1. The van der Waals surface area contributed by atoms with Crippen molar-refractivity contribution >= 4 is 16.9 Å². The summed E-state index contributed by atoms with van der Waals surface area (Å²) in [6.07, 6.45) is -0.0854. The molecular formula is C24H21NO4. The summed E-state index contributed by atoms with van der Waals surface area (Å²) in [6.45, 7) is 0.706. The van der Waals surface area contributed by atoms with Crippen molar-refractivity contribution in [3.63, 3.8) is 0 Å². The standard InChI is InChI=1S/C24H21NO4/c25-14-16-5-3-7-17(11-16)20-8-4-10-23-21(20)13-19(29-23)15-28-22-9-2-1-6-18(22)12-24(26)27/h1-11,13H,12,14-15,25H2,(H,26,27). The van der Waals surface area contributed by atoms with Gasteiger partial charge in [-0.05, 0) is 41.0 Å². The van der Waals surface area contributed by atoms with E-state index in [-0.39, 0.29) is 13.0 Å². The van der Waals surface area contributed by atoms with Crippen LogP contribution in [0.5, 0.6) is 5.75 Å². The van der Waals surface area contributed by atoms with Crippen molar-refractivity contribution in [2.24, 2.45) is 5.73 Å². The predicted molar refractivity (Wildman–Crippen MR) is 112 cm³/mol. The van der Waals surface area contributed by atoms with Crippen LogP contribution in [-0.2, 0) is 24.4 Å². The summed E-state index contributed by atoms with van der Waals surface area (Å²) in [5.41, 5.74) is 10.4. The molecule has 0 amide bonds. The molecule has 1 aromatic heterocycles. The summed E-state index contributed by atoms with van der Waals surface area (Å²) in [5, 5.41) is 10.1. The minimum atomic E-state index is -0.894. The number of carboxylic acids is 1. The maximum absolute atomic E-state index is 11.0. The highest BCUT2D eigenvalue weighted by atomic mass is 16.5. The zero-order valence-electron chi connectivity index (χ0n) is 15.8. The second-order valence-electron chi connectivity index (χ2n) is 6.80. The van der Waals surface area contributed by atoms with Gasteiger partial charge in [0.05, 0.1) is 6.42 Å². The average Bonchev–Trinajstić information content (AvgIpc) is 3.16. The topological polar surface area (TPSA) is 85.7 Å². The van der Waals surface area contributed by atoms with E-state index in [0.717, 1.165) is 27.7 Å². The second kappa shape index (κ2) is 8.20. The highest BCUT2D eigenvalue weighted by Gasteiger charge is 2.12. The number of hydrogen-bond acceptors (Lipinski definition) is 4. The lowest BCUT2D eigenvalue weighted by Crippen LogP contribution is -2.03. The van der Waals surface area contributed by atoms with Crippen LogP contribution in [0.25, 0.3) is 22.1 Å². The lowest BCUT2D eigenvalue weighted by Gasteiger charge is -2.08. The Morgan fingerprint density at radius 2 is 1.83 bits per heavy atom. The van der Waals surface area contributed by atoms with Crippen molar-refractivity contribution in [2.45, 2.75) is 19.6 Å². The molecule has 0 aliphatic rings. The number of rotatable bonds is 7. The van der Waals surface area contributed by atoms with E-state index >= 15 is 0 Å². The summed E-state index contributed by atoms with van der Waals surface area (Å²) < 4.78 is 11.8. The van der Waals surface area contributed by atoms with Gasteiger partial charge in [0.25, 0.3) is 0 Å². The largest absolute Gasteiger partial charge is 0.485 e. The van der Waals surface area contributed by atoms with Gasteiger partial charge in [0.2, 0.25) is 0 Å². The van der Waals surface area contributed by atoms with Crippen molar-refractivity contribution in [3.8, 4) is 16.9 Å². The Morgan fingerprint density at radius 3 is 2.66 bits per heavy atom. The Bertz CT molecular complexity index is 1160. The third kappa shape index (κ3) is 4.15. The van der Waals surface area contributed by atoms with E-state index in [1.54, 1.807) is 18.2 Å². The van der Waals surface area contributed by atoms with E-state index in [1.807, 2.05) is 36.4 Å². The van der Waals surface area contributed by atoms with E-state index in [9.17, 15) is 4.79 Å².